The number of rotatable bonds is 8. The van der Waals surface area contributed by atoms with Gasteiger partial charge in [0.05, 0.1) is 12.7 Å². The van der Waals surface area contributed by atoms with Crippen molar-refractivity contribution in [1.82, 2.24) is 15.5 Å². The number of benzene rings is 1. The maximum absolute atomic E-state index is 11.8. The minimum atomic E-state index is -0.0312. The second kappa shape index (κ2) is 11.8. The van der Waals surface area contributed by atoms with Gasteiger partial charge >= 0.3 is 0 Å². The Morgan fingerprint density at radius 3 is 2.55 bits per heavy atom. The van der Waals surface area contributed by atoms with Crippen LogP contribution in [0.15, 0.2) is 29.3 Å². The maximum atomic E-state index is 11.8. The third-order valence-electron chi connectivity index (χ3n) is 4.77. The lowest BCUT2D eigenvalue weighted by molar-refractivity contribution is -0.118. The van der Waals surface area contributed by atoms with Gasteiger partial charge in [-0.15, -0.1) is 0 Å². The monoisotopic (exact) mass is 403 g/mol. The summed E-state index contributed by atoms with van der Waals surface area (Å²) in [5, 5.41) is 9.60. The molecule has 0 radical (unpaired) electrons. The zero-order valence-electron chi connectivity index (χ0n) is 18.5. The van der Waals surface area contributed by atoms with Gasteiger partial charge in [0.15, 0.2) is 5.96 Å². The van der Waals surface area contributed by atoms with Crippen molar-refractivity contribution < 1.29 is 9.53 Å². The van der Waals surface area contributed by atoms with Crippen LogP contribution in [0.5, 0.6) is 0 Å². The molecule has 0 saturated carbocycles. The van der Waals surface area contributed by atoms with Gasteiger partial charge in [0.25, 0.3) is 0 Å². The molecule has 3 N–H and O–H groups in total. The Morgan fingerprint density at radius 1 is 1.21 bits per heavy atom. The van der Waals surface area contributed by atoms with Crippen LogP contribution in [-0.4, -0.2) is 62.7 Å². The summed E-state index contributed by atoms with van der Waals surface area (Å²) < 4.78 is 5.89. The number of nitrogens with zero attached hydrogens (tertiary/aromatic N) is 2. The molecule has 1 amide bonds. The normalized spacial score (nSPS) is 18.2. The Kier molecular flexibility index (Phi) is 9.41. The average molecular weight is 404 g/mol. The van der Waals surface area contributed by atoms with Crippen molar-refractivity contribution in [3.63, 3.8) is 0 Å². The smallest absolute Gasteiger partial charge is 0.226 e. The number of morpholine rings is 1. The Hall–Kier alpha value is -2.12. The van der Waals surface area contributed by atoms with Gasteiger partial charge in [0, 0.05) is 51.4 Å². The van der Waals surface area contributed by atoms with Crippen molar-refractivity contribution in [3.05, 3.63) is 29.8 Å². The van der Waals surface area contributed by atoms with Gasteiger partial charge in [0.2, 0.25) is 5.91 Å². The van der Waals surface area contributed by atoms with Gasteiger partial charge in [-0.3, -0.25) is 14.7 Å². The summed E-state index contributed by atoms with van der Waals surface area (Å²) in [5.74, 6) is 1.42. The first-order valence-corrected chi connectivity index (χ1v) is 10.6. The molecule has 7 heteroatoms. The SMILES string of the molecule is CN=C(NCc1ccc(NC(=O)C(C)C)cc1)NCC1CN(CC(C)C)CCO1. The molecule has 1 heterocycles. The van der Waals surface area contributed by atoms with E-state index in [-0.39, 0.29) is 17.9 Å². The fourth-order valence-corrected chi connectivity index (χ4v) is 3.20. The van der Waals surface area contributed by atoms with Gasteiger partial charge in [-0.2, -0.15) is 0 Å². The predicted octanol–water partition coefficient (Wildman–Crippen LogP) is 2.30. The summed E-state index contributed by atoms with van der Waals surface area (Å²) in [6.45, 7) is 13.5. The average Bonchev–Trinajstić information content (AvgIpc) is 2.69. The Labute approximate surface area is 175 Å². The van der Waals surface area contributed by atoms with Crippen molar-refractivity contribution in [2.24, 2.45) is 16.8 Å². The molecular formula is C22H37N5O2. The molecular weight excluding hydrogens is 366 g/mol. The van der Waals surface area contributed by atoms with E-state index in [4.69, 9.17) is 4.74 Å². The van der Waals surface area contributed by atoms with E-state index >= 15 is 0 Å². The molecule has 29 heavy (non-hydrogen) atoms. The first kappa shape index (κ1) is 23.2. The number of carbonyl (C=O) groups is 1. The highest BCUT2D eigenvalue weighted by Crippen LogP contribution is 2.11. The lowest BCUT2D eigenvalue weighted by atomic mass is 10.1. The Morgan fingerprint density at radius 2 is 1.93 bits per heavy atom. The first-order valence-electron chi connectivity index (χ1n) is 10.6. The summed E-state index contributed by atoms with van der Waals surface area (Å²) in [7, 11) is 1.77. The fraction of sp³-hybridized carbons (Fsp3) is 0.636. The molecule has 1 atom stereocenters. The number of carbonyl (C=O) groups excluding carboxylic acids is 1. The van der Waals surface area contributed by atoms with Gasteiger partial charge in [0.1, 0.15) is 0 Å². The van der Waals surface area contributed by atoms with E-state index in [2.05, 4.69) is 39.7 Å². The molecule has 0 aromatic heterocycles. The zero-order chi connectivity index (χ0) is 21.2. The first-order chi connectivity index (χ1) is 13.9. The van der Waals surface area contributed by atoms with E-state index in [9.17, 15) is 4.79 Å². The molecule has 1 unspecified atom stereocenters. The Balaban J connectivity index is 1.75. The number of hydrogen-bond acceptors (Lipinski definition) is 4. The van der Waals surface area contributed by atoms with Crippen LogP contribution in [-0.2, 0) is 16.1 Å². The van der Waals surface area contributed by atoms with Gasteiger partial charge in [-0.1, -0.05) is 39.8 Å². The highest BCUT2D eigenvalue weighted by molar-refractivity contribution is 5.92. The number of amides is 1. The van der Waals surface area contributed by atoms with Gasteiger partial charge < -0.3 is 20.7 Å². The molecule has 1 aliphatic rings. The second-order valence-corrected chi connectivity index (χ2v) is 8.29. The van der Waals surface area contributed by atoms with Gasteiger partial charge in [-0.25, -0.2) is 0 Å². The number of guanidine groups is 1. The predicted molar refractivity (Wildman–Crippen MR) is 119 cm³/mol. The lowest BCUT2D eigenvalue weighted by Gasteiger charge is -2.34. The zero-order valence-corrected chi connectivity index (χ0v) is 18.5. The third-order valence-corrected chi connectivity index (χ3v) is 4.77. The van der Waals surface area contributed by atoms with Gasteiger partial charge in [-0.05, 0) is 23.6 Å². The van der Waals surface area contributed by atoms with Crippen molar-refractivity contribution in [2.75, 3.05) is 45.2 Å². The third kappa shape index (κ3) is 8.41. The van der Waals surface area contributed by atoms with Crippen LogP contribution < -0.4 is 16.0 Å². The number of nitrogens with one attached hydrogen (secondary N) is 3. The quantitative estimate of drug-likeness (QED) is 0.459. The van der Waals surface area contributed by atoms with E-state index in [0.29, 0.717) is 12.5 Å². The van der Waals surface area contributed by atoms with E-state index < -0.39 is 0 Å². The van der Waals surface area contributed by atoms with Crippen LogP contribution in [0.2, 0.25) is 0 Å². The molecule has 0 aliphatic carbocycles. The number of hydrogen-bond donors (Lipinski definition) is 3. The summed E-state index contributed by atoms with van der Waals surface area (Å²) in [6, 6.07) is 7.86. The van der Waals surface area contributed by atoms with E-state index in [1.54, 1.807) is 7.05 Å². The number of aliphatic imine (C=N–C) groups is 1. The Bertz CT molecular complexity index is 658. The fourth-order valence-electron chi connectivity index (χ4n) is 3.20. The summed E-state index contributed by atoms with van der Waals surface area (Å²) in [4.78, 5) is 18.5. The van der Waals surface area contributed by atoms with Crippen molar-refractivity contribution in [3.8, 4) is 0 Å². The van der Waals surface area contributed by atoms with Crippen molar-refractivity contribution in [1.29, 1.82) is 0 Å². The molecule has 2 rings (SSSR count). The minimum absolute atomic E-state index is 0.0253. The van der Waals surface area contributed by atoms with Crippen LogP contribution in [0, 0.1) is 11.8 Å². The summed E-state index contributed by atoms with van der Waals surface area (Å²) in [6.07, 6.45) is 0.171. The van der Waals surface area contributed by atoms with E-state index in [0.717, 1.165) is 50.0 Å². The number of ether oxygens (including phenoxy) is 1. The van der Waals surface area contributed by atoms with Crippen LogP contribution in [0.25, 0.3) is 0 Å². The van der Waals surface area contributed by atoms with E-state index in [1.807, 2.05) is 38.1 Å². The standard InChI is InChI=1S/C22H37N5O2/c1-16(2)14-27-10-11-29-20(15-27)13-25-22(23-5)24-12-18-6-8-19(9-7-18)26-21(28)17(3)4/h6-9,16-17,20H,10-15H2,1-5H3,(H,26,28)(H2,23,24,25). The molecule has 0 bridgehead atoms. The molecule has 1 fully saturated rings. The van der Waals surface area contributed by atoms with Crippen LogP contribution in [0.4, 0.5) is 5.69 Å². The summed E-state index contributed by atoms with van der Waals surface area (Å²) in [5.41, 5.74) is 1.93. The molecule has 1 aromatic carbocycles. The molecule has 1 aromatic rings. The second-order valence-electron chi connectivity index (χ2n) is 8.29. The highest BCUT2D eigenvalue weighted by atomic mass is 16.5. The van der Waals surface area contributed by atoms with Crippen molar-refractivity contribution >= 4 is 17.6 Å². The molecule has 7 nitrogen and oxygen atoms in total. The molecule has 1 saturated heterocycles. The topological polar surface area (TPSA) is 78.0 Å². The largest absolute Gasteiger partial charge is 0.374 e. The molecule has 0 spiro atoms. The molecule has 162 valence electrons. The minimum Gasteiger partial charge on any atom is -0.374 e. The van der Waals surface area contributed by atoms with Crippen LogP contribution in [0.3, 0.4) is 0 Å². The van der Waals surface area contributed by atoms with Crippen LogP contribution in [0.1, 0.15) is 33.3 Å². The highest BCUT2D eigenvalue weighted by Gasteiger charge is 2.21. The van der Waals surface area contributed by atoms with Crippen molar-refractivity contribution in [2.45, 2.75) is 40.3 Å². The lowest BCUT2D eigenvalue weighted by Crippen LogP contribution is -2.50. The molecule has 1 aliphatic heterocycles. The van der Waals surface area contributed by atoms with Crippen LogP contribution >= 0.6 is 0 Å². The van der Waals surface area contributed by atoms with E-state index in [1.165, 1.54) is 0 Å². The summed E-state index contributed by atoms with van der Waals surface area (Å²) >= 11 is 0. The number of anilines is 1. The maximum Gasteiger partial charge on any atom is 0.226 e.